The topological polar surface area (TPSA) is 50.2 Å². The van der Waals surface area contributed by atoms with Gasteiger partial charge >= 0.3 is 0 Å². The Kier molecular flexibility index (Phi) is 4.96. The maximum absolute atomic E-state index is 11.9. The van der Waals surface area contributed by atoms with Crippen molar-refractivity contribution in [2.75, 3.05) is 19.6 Å². The molecule has 0 aromatic carbocycles. The zero-order valence-electron chi connectivity index (χ0n) is 11.9. The number of carbonyl (C=O) groups excluding carboxylic acids is 1. The molecule has 0 aliphatic carbocycles. The van der Waals surface area contributed by atoms with E-state index in [1.807, 2.05) is 17.4 Å². The zero-order valence-corrected chi connectivity index (χ0v) is 11.9. The van der Waals surface area contributed by atoms with Crippen molar-refractivity contribution in [2.24, 2.45) is 0 Å². The van der Waals surface area contributed by atoms with E-state index in [0.717, 1.165) is 39.0 Å². The summed E-state index contributed by atoms with van der Waals surface area (Å²) in [6.07, 6.45) is 6.65. The van der Waals surface area contributed by atoms with Crippen LogP contribution < -0.4 is 5.32 Å². The molecule has 0 atom stereocenters. The predicted molar refractivity (Wildman–Crippen MR) is 74.7 cm³/mol. The van der Waals surface area contributed by atoms with Gasteiger partial charge in [0.2, 0.25) is 5.91 Å². The number of nitrogens with zero attached hydrogens (tertiary/aromatic N) is 3. The molecule has 106 valence electrons. The summed E-state index contributed by atoms with van der Waals surface area (Å²) in [4.78, 5) is 18.0. The van der Waals surface area contributed by atoms with Crippen molar-refractivity contribution in [1.82, 2.24) is 19.8 Å². The second kappa shape index (κ2) is 6.70. The Morgan fingerprint density at radius 2 is 2.16 bits per heavy atom. The highest BCUT2D eigenvalue weighted by molar-refractivity contribution is 5.76. The van der Waals surface area contributed by atoms with Gasteiger partial charge in [-0.1, -0.05) is 0 Å². The lowest BCUT2D eigenvalue weighted by Crippen LogP contribution is -2.30. The molecule has 1 amide bonds. The Bertz CT molecular complexity index is 407. The van der Waals surface area contributed by atoms with E-state index in [2.05, 4.69) is 28.7 Å². The van der Waals surface area contributed by atoms with Crippen LogP contribution in [0.1, 0.15) is 44.8 Å². The Morgan fingerprint density at radius 3 is 2.84 bits per heavy atom. The van der Waals surface area contributed by atoms with Crippen LogP contribution in [0, 0.1) is 0 Å². The highest BCUT2D eigenvalue weighted by Gasteiger charge is 2.16. The van der Waals surface area contributed by atoms with Crippen molar-refractivity contribution in [3.8, 4) is 0 Å². The summed E-state index contributed by atoms with van der Waals surface area (Å²) in [7, 11) is 0. The lowest BCUT2D eigenvalue weighted by atomic mass is 10.3. The van der Waals surface area contributed by atoms with Crippen LogP contribution in [0.4, 0.5) is 0 Å². The van der Waals surface area contributed by atoms with Crippen molar-refractivity contribution >= 4 is 5.91 Å². The van der Waals surface area contributed by atoms with E-state index in [1.54, 1.807) is 0 Å². The third kappa shape index (κ3) is 3.80. The van der Waals surface area contributed by atoms with Crippen LogP contribution in [0.15, 0.2) is 12.5 Å². The zero-order chi connectivity index (χ0) is 13.7. The van der Waals surface area contributed by atoms with E-state index < -0.39 is 0 Å². The van der Waals surface area contributed by atoms with Crippen LogP contribution in [-0.2, 0) is 11.3 Å². The van der Waals surface area contributed by atoms with Gasteiger partial charge in [0.05, 0.1) is 12.0 Å². The number of nitrogens with one attached hydrogen (secondary N) is 1. The molecule has 5 heteroatoms. The van der Waals surface area contributed by atoms with E-state index in [-0.39, 0.29) is 5.91 Å². The lowest BCUT2D eigenvalue weighted by Gasteiger charge is -2.15. The summed E-state index contributed by atoms with van der Waals surface area (Å²) >= 11 is 0. The van der Waals surface area contributed by atoms with Crippen LogP contribution in [0.25, 0.3) is 0 Å². The van der Waals surface area contributed by atoms with Crippen molar-refractivity contribution in [3.05, 3.63) is 18.2 Å². The first-order valence-electron chi connectivity index (χ1n) is 7.17. The number of hydrogen-bond donors (Lipinski definition) is 1. The molecule has 0 radical (unpaired) electrons. The van der Waals surface area contributed by atoms with Crippen molar-refractivity contribution in [1.29, 1.82) is 0 Å². The predicted octanol–water partition coefficient (Wildman–Crippen LogP) is 1.57. The van der Waals surface area contributed by atoms with Crippen LogP contribution in [0.5, 0.6) is 0 Å². The highest BCUT2D eigenvalue weighted by Crippen LogP contribution is 2.09. The van der Waals surface area contributed by atoms with Gasteiger partial charge in [0, 0.05) is 44.8 Å². The molecule has 1 aromatic rings. The molecule has 2 rings (SSSR count). The molecule has 2 heterocycles. The second-order valence-corrected chi connectivity index (χ2v) is 5.40. The van der Waals surface area contributed by atoms with Gasteiger partial charge in [-0.25, -0.2) is 4.98 Å². The largest absolute Gasteiger partial charge is 0.343 e. The van der Waals surface area contributed by atoms with E-state index in [9.17, 15) is 4.79 Å². The third-order valence-electron chi connectivity index (χ3n) is 3.58. The molecule has 0 spiro atoms. The highest BCUT2D eigenvalue weighted by atomic mass is 16.2. The molecule has 19 heavy (non-hydrogen) atoms. The maximum atomic E-state index is 11.9. The van der Waals surface area contributed by atoms with Gasteiger partial charge in [-0.2, -0.15) is 0 Å². The average Bonchev–Trinajstić information content (AvgIpc) is 3.04. The normalized spacial score (nSPS) is 15.4. The van der Waals surface area contributed by atoms with Gasteiger partial charge in [-0.3, -0.25) is 4.79 Å². The Labute approximate surface area is 115 Å². The smallest absolute Gasteiger partial charge is 0.223 e. The van der Waals surface area contributed by atoms with Crippen LogP contribution in [0.3, 0.4) is 0 Å². The summed E-state index contributed by atoms with van der Waals surface area (Å²) in [5.41, 5.74) is 1.17. The van der Waals surface area contributed by atoms with E-state index in [1.165, 1.54) is 5.69 Å². The van der Waals surface area contributed by atoms with Crippen LogP contribution in [0.2, 0.25) is 0 Å². The van der Waals surface area contributed by atoms with Gasteiger partial charge in [0.25, 0.3) is 0 Å². The quantitative estimate of drug-likeness (QED) is 0.793. The standard InChI is InChI=1S/C14H24N4O/c1-12(2)18-11-16-10-13(18)9-15-6-5-14(19)17-7-3-4-8-17/h10-12,15H,3-9H2,1-2H3. The third-order valence-corrected chi connectivity index (χ3v) is 3.58. The minimum Gasteiger partial charge on any atom is -0.343 e. The number of imidazole rings is 1. The van der Waals surface area contributed by atoms with Crippen molar-refractivity contribution < 1.29 is 4.79 Å². The first-order valence-corrected chi connectivity index (χ1v) is 7.17. The number of amides is 1. The van der Waals surface area contributed by atoms with Gasteiger partial charge in [0.1, 0.15) is 0 Å². The van der Waals surface area contributed by atoms with Crippen molar-refractivity contribution in [3.63, 3.8) is 0 Å². The first-order chi connectivity index (χ1) is 9.18. The number of rotatable bonds is 6. The fraction of sp³-hybridized carbons (Fsp3) is 0.714. The number of carbonyl (C=O) groups is 1. The fourth-order valence-electron chi connectivity index (χ4n) is 2.47. The molecule has 5 nitrogen and oxygen atoms in total. The molecule has 1 N–H and O–H groups in total. The maximum Gasteiger partial charge on any atom is 0.223 e. The summed E-state index contributed by atoms with van der Waals surface area (Å²) < 4.78 is 2.15. The van der Waals surface area contributed by atoms with Crippen LogP contribution in [-0.4, -0.2) is 40.0 Å². The van der Waals surface area contributed by atoms with E-state index >= 15 is 0 Å². The van der Waals surface area contributed by atoms with E-state index in [4.69, 9.17) is 0 Å². The summed E-state index contributed by atoms with van der Waals surface area (Å²) in [5.74, 6) is 0.280. The van der Waals surface area contributed by atoms with Gasteiger partial charge in [-0.15, -0.1) is 0 Å². The summed E-state index contributed by atoms with van der Waals surface area (Å²) in [6, 6.07) is 0.422. The first kappa shape index (κ1) is 14.1. The average molecular weight is 264 g/mol. The summed E-state index contributed by atoms with van der Waals surface area (Å²) in [5, 5.41) is 3.33. The monoisotopic (exact) mass is 264 g/mol. The molecule has 1 aliphatic rings. The SMILES string of the molecule is CC(C)n1cncc1CNCCC(=O)N1CCCC1. The number of hydrogen-bond acceptors (Lipinski definition) is 3. The minimum absolute atomic E-state index is 0.280. The van der Waals surface area contributed by atoms with Crippen LogP contribution >= 0.6 is 0 Å². The molecule has 1 saturated heterocycles. The fourth-order valence-corrected chi connectivity index (χ4v) is 2.47. The molecular weight excluding hydrogens is 240 g/mol. The Morgan fingerprint density at radius 1 is 1.42 bits per heavy atom. The molecule has 0 bridgehead atoms. The lowest BCUT2D eigenvalue weighted by molar-refractivity contribution is -0.130. The molecular formula is C14H24N4O. The molecule has 1 fully saturated rings. The Balaban J connectivity index is 1.68. The minimum atomic E-state index is 0.280. The second-order valence-electron chi connectivity index (χ2n) is 5.40. The van der Waals surface area contributed by atoms with Gasteiger partial charge in [0.15, 0.2) is 0 Å². The van der Waals surface area contributed by atoms with Gasteiger partial charge < -0.3 is 14.8 Å². The molecule has 1 aliphatic heterocycles. The Hall–Kier alpha value is -1.36. The molecule has 1 aromatic heterocycles. The number of likely N-dealkylation sites (tertiary alicyclic amines) is 1. The summed E-state index contributed by atoms with van der Waals surface area (Å²) in [6.45, 7) is 7.67. The molecule has 0 unspecified atom stereocenters. The van der Waals surface area contributed by atoms with Gasteiger partial charge in [-0.05, 0) is 26.7 Å². The number of aromatic nitrogens is 2. The van der Waals surface area contributed by atoms with Crippen molar-refractivity contribution in [2.45, 2.75) is 45.7 Å². The van der Waals surface area contributed by atoms with E-state index in [0.29, 0.717) is 12.5 Å². The molecule has 0 saturated carbocycles.